The van der Waals surface area contributed by atoms with Gasteiger partial charge in [0.05, 0.1) is 0 Å². The van der Waals surface area contributed by atoms with Crippen LogP contribution < -0.4 is 4.74 Å². The molecule has 0 saturated carbocycles. The van der Waals surface area contributed by atoms with Crippen molar-refractivity contribution in [3.8, 4) is 5.75 Å². The van der Waals surface area contributed by atoms with Crippen LogP contribution in [0.4, 0.5) is 0 Å². The van der Waals surface area contributed by atoms with E-state index in [9.17, 15) is 0 Å². The summed E-state index contributed by atoms with van der Waals surface area (Å²) in [5.74, 6) is 1.73. The van der Waals surface area contributed by atoms with Crippen molar-refractivity contribution >= 4 is 23.2 Å². The van der Waals surface area contributed by atoms with Crippen LogP contribution in [0.2, 0.25) is 10.3 Å². The highest BCUT2D eigenvalue weighted by Crippen LogP contribution is 2.19. The van der Waals surface area contributed by atoms with Crippen LogP contribution in [0.15, 0.2) is 30.3 Å². The average molecular weight is 297 g/mol. The van der Waals surface area contributed by atoms with E-state index in [2.05, 4.69) is 23.8 Å². The predicted octanol–water partition coefficient (Wildman–Crippen LogP) is 4.49. The van der Waals surface area contributed by atoms with Crippen molar-refractivity contribution in [2.45, 2.75) is 26.4 Å². The van der Waals surface area contributed by atoms with Gasteiger partial charge in [-0.3, -0.25) is 0 Å². The number of rotatable bonds is 4. The van der Waals surface area contributed by atoms with Gasteiger partial charge in [-0.2, -0.15) is 0 Å². The van der Waals surface area contributed by atoms with Crippen LogP contribution in [0.5, 0.6) is 5.75 Å². The first-order valence-corrected chi connectivity index (χ1v) is 6.72. The summed E-state index contributed by atoms with van der Waals surface area (Å²) in [5.41, 5.74) is 1.27. The van der Waals surface area contributed by atoms with Gasteiger partial charge in [0.2, 0.25) is 0 Å². The molecular weight excluding hydrogens is 283 g/mol. The van der Waals surface area contributed by atoms with E-state index in [1.54, 1.807) is 0 Å². The molecular formula is C14H14Cl2N2O. The van der Waals surface area contributed by atoms with Gasteiger partial charge in [0.15, 0.2) is 5.82 Å². The van der Waals surface area contributed by atoms with Gasteiger partial charge >= 0.3 is 0 Å². The Morgan fingerprint density at radius 3 is 2.16 bits per heavy atom. The molecule has 19 heavy (non-hydrogen) atoms. The van der Waals surface area contributed by atoms with Crippen LogP contribution in [0.1, 0.15) is 31.2 Å². The third-order valence-electron chi connectivity index (χ3n) is 2.62. The molecule has 0 radical (unpaired) electrons. The summed E-state index contributed by atoms with van der Waals surface area (Å²) in [6.07, 6.45) is 0. The van der Waals surface area contributed by atoms with Crippen LogP contribution >= 0.6 is 23.2 Å². The summed E-state index contributed by atoms with van der Waals surface area (Å²) in [4.78, 5) is 8.08. The van der Waals surface area contributed by atoms with Gasteiger partial charge in [-0.25, -0.2) is 9.97 Å². The SMILES string of the molecule is CC(C)c1ccc(OCc2nc(Cl)cc(Cl)n2)cc1. The summed E-state index contributed by atoms with van der Waals surface area (Å²) < 4.78 is 5.59. The maximum atomic E-state index is 5.80. The second-order valence-electron chi connectivity index (χ2n) is 4.44. The van der Waals surface area contributed by atoms with Crippen molar-refractivity contribution < 1.29 is 4.74 Å². The van der Waals surface area contributed by atoms with Crippen molar-refractivity contribution in [1.29, 1.82) is 0 Å². The highest BCUT2D eigenvalue weighted by atomic mass is 35.5. The second-order valence-corrected chi connectivity index (χ2v) is 5.22. The van der Waals surface area contributed by atoms with Crippen molar-refractivity contribution in [2.24, 2.45) is 0 Å². The number of halogens is 2. The van der Waals surface area contributed by atoms with E-state index in [1.165, 1.54) is 11.6 Å². The third-order valence-corrected chi connectivity index (χ3v) is 3.01. The molecule has 3 nitrogen and oxygen atoms in total. The lowest BCUT2D eigenvalue weighted by atomic mass is 10.0. The Bertz CT molecular complexity index is 536. The van der Waals surface area contributed by atoms with Crippen molar-refractivity contribution in [2.75, 3.05) is 0 Å². The smallest absolute Gasteiger partial charge is 0.169 e. The summed E-state index contributed by atoms with van der Waals surface area (Å²) in [6.45, 7) is 4.54. The fourth-order valence-corrected chi connectivity index (χ4v) is 2.05. The number of aromatic nitrogens is 2. The maximum Gasteiger partial charge on any atom is 0.169 e. The number of ether oxygens (including phenoxy) is 1. The Kier molecular flexibility index (Phi) is 4.61. The highest BCUT2D eigenvalue weighted by molar-refractivity contribution is 6.33. The molecule has 0 aliphatic heterocycles. The van der Waals surface area contributed by atoms with E-state index in [1.807, 2.05) is 24.3 Å². The molecule has 1 heterocycles. The molecule has 0 atom stereocenters. The van der Waals surface area contributed by atoms with Crippen molar-refractivity contribution in [3.63, 3.8) is 0 Å². The first-order chi connectivity index (χ1) is 9.04. The number of nitrogens with zero attached hydrogens (tertiary/aromatic N) is 2. The minimum absolute atomic E-state index is 0.237. The molecule has 1 aromatic heterocycles. The van der Waals surface area contributed by atoms with Gasteiger partial charge in [-0.15, -0.1) is 0 Å². The molecule has 2 rings (SSSR count). The van der Waals surface area contributed by atoms with Gasteiger partial charge in [0, 0.05) is 6.07 Å². The number of benzene rings is 1. The van der Waals surface area contributed by atoms with E-state index in [0.717, 1.165) is 5.75 Å². The molecule has 0 amide bonds. The fourth-order valence-electron chi connectivity index (χ4n) is 1.60. The zero-order valence-electron chi connectivity index (χ0n) is 10.7. The number of hydrogen-bond acceptors (Lipinski definition) is 3. The lowest BCUT2D eigenvalue weighted by Crippen LogP contribution is -2.02. The Morgan fingerprint density at radius 1 is 1.05 bits per heavy atom. The molecule has 0 aliphatic carbocycles. The third kappa shape index (κ3) is 4.08. The van der Waals surface area contributed by atoms with Crippen LogP contribution in [-0.4, -0.2) is 9.97 Å². The molecule has 100 valence electrons. The van der Waals surface area contributed by atoms with Gasteiger partial charge in [-0.1, -0.05) is 49.2 Å². The first-order valence-electron chi connectivity index (χ1n) is 5.96. The number of hydrogen-bond donors (Lipinski definition) is 0. The minimum Gasteiger partial charge on any atom is -0.486 e. The lowest BCUT2D eigenvalue weighted by molar-refractivity contribution is 0.295. The molecule has 0 N–H and O–H groups in total. The molecule has 0 saturated heterocycles. The normalized spacial score (nSPS) is 10.8. The molecule has 0 aliphatic rings. The fraction of sp³-hybridized carbons (Fsp3) is 0.286. The molecule has 0 unspecified atom stereocenters. The largest absolute Gasteiger partial charge is 0.486 e. The van der Waals surface area contributed by atoms with E-state index in [-0.39, 0.29) is 6.61 Å². The average Bonchev–Trinajstić information content (AvgIpc) is 2.36. The van der Waals surface area contributed by atoms with Crippen LogP contribution in [0.3, 0.4) is 0 Å². The predicted molar refractivity (Wildman–Crippen MR) is 76.9 cm³/mol. The van der Waals surface area contributed by atoms with Gasteiger partial charge < -0.3 is 4.74 Å². The van der Waals surface area contributed by atoms with Gasteiger partial charge in [0.25, 0.3) is 0 Å². The van der Waals surface area contributed by atoms with Crippen LogP contribution in [0, 0.1) is 0 Å². The summed E-state index contributed by atoms with van der Waals surface area (Å²) >= 11 is 11.6. The summed E-state index contributed by atoms with van der Waals surface area (Å²) in [5, 5.41) is 0.627. The lowest BCUT2D eigenvalue weighted by Gasteiger charge is -2.08. The molecule has 2 aromatic rings. The Hall–Kier alpha value is -1.32. The van der Waals surface area contributed by atoms with Gasteiger partial charge in [-0.05, 0) is 23.6 Å². The summed E-state index contributed by atoms with van der Waals surface area (Å²) in [6, 6.07) is 9.45. The summed E-state index contributed by atoms with van der Waals surface area (Å²) in [7, 11) is 0. The Balaban J connectivity index is 2.02. The van der Waals surface area contributed by atoms with Crippen LogP contribution in [0.25, 0.3) is 0 Å². The quantitative estimate of drug-likeness (QED) is 0.780. The molecule has 0 fully saturated rings. The molecule has 1 aromatic carbocycles. The zero-order valence-corrected chi connectivity index (χ0v) is 12.2. The van der Waals surface area contributed by atoms with Crippen molar-refractivity contribution in [1.82, 2.24) is 9.97 Å². The van der Waals surface area contributed by atoms with Gasteiger partial charge in [0.1, 0.15) is 22.7 Å². The van der Waals surface area contributed by atoms with E-state index >= 15 is 0 Å². The topological polar surface area (TPSA) is 35.0 Å². The Morgan fingerprint density at radius 2 is 1.63 bits per heavy atom. The molecule has 0 bridgehead atoms. The zero-order chi connectivity index (χ0) is 13.8. The molecule has 0 spiro atoms. The Labute approximate surface area is 122 Å². The monoisotopic (exact) mass is 296 g/mol. The minimum atomic E-state index is 0.237. The first kappa shape index (κ1) is 14.1. The molecule has 5 heteroatoms. The van der Waals surface area contributed by atoms with E-state index in [0.29, 0.717) is 22.0 Å². The van der Waals surface area contributed by atoms with Crippen LogP contribution in [-0.2, 0) is 6.61 Å². The van der Waals surface area contributed by atoms with E-state index in [4.69, 9.17) is 27.9 Å². The highest BCUT2D eigenvalue weighted by Gasteiger charge is 2.04. The van der Waals surface area contributed by atoms with E-state index < -0.39 is 0 Å². The van der Waals surface area contributed by atoms with Crippen molar-refractivity contribution in [3.05, 3.63) is 52.0 Å². The maximum absolute atomic E-state index is 5.80. The standard InChI is InChI=1S/C14H14Cl2N2O/c1-9(2)10-3-5-11(6-4-10)19-8-14-17-12(15)7-13(16)18-14/h3-7,9H,8H2,1-2H3. The second kappa shape index (κ2) is 6.22.